The summed E-state index contributed by atoms with van der Waals surface area (Å²) in [5.41, 5.74) is 1.74. The highest BCUT2D eigenvalue weighted by Gasteiger charge is 2.11. The van der Waals surface area contributed by atoms with Crippen molar-refractivity contribution in [1.29, 1.82) is 0 Å². The van der Waals surface area contributed by atoms with E-state index in [1.807, 2.05) is 23.6 Å². The molecular formula is C11H6BrClN4S. The summed E-state index contributed by atoms with van der Waals surface area (Å²) in [6.07, 6.45) is 1.46. The molecule has 0 aliphatic heterocycles. The Morgan fingerprint density at radius 2 is 2.22 bits per heavy atom. The van der Waals surface area contributed by atoms with Gasteiger partial charge in [-0.15, -0.1) is 11.3 Å². The van der Waals surface area contributed by atoms with E-state index in [9.17, 15) is 0 Å². The van der Waals surface area contributed by atoms with Gasteiger partial charge in [0.05, 0.1) is 10.7 Å². The molecule has 0 saturated carbocycles. The fourth-order valence-electron chi connectivity index (χ4n) is 1.51. The molecule has 0 spiro atoms. The third-order valence-electron chi connectivity index (χ3n) is 2.33. The van der Waals surface area contributed by atoms with Gasteiger partial charge in [0.1, 0.15) is 6.33 Å². The minimum absolute atomic E-state index is 0.666. The van der Waals surface area contributed by atoms with Crippen LogP contribution in [0.5, 0.6) is 0 Å². The number of aromatic amines is 1. The standard InChI is InChI=1S/C11H6BrClN4S/c12-6-1-2-7(8(13)3-6)9-4-18-11(16-9)10-14-5-15-17-10/h1-5H,(H,14,15,17). The van der Waals surface area contributed by atoms with E-state index in [1.165, 1.54) is 17.7 Å². The van der Waals surface area contributed by atoms with Gasteiger partial charge in [-0.25, -0.2) is 9.97 Å². The Morgan fingerprint density at radius 3 is 2.94 bits per heavy atom. The maximum atomic E-state index is 6.20. The zero-order valence-corrected chi connectivity index (χ0v) is 12.1. The SMILES string of the molecule is Clc1cc(Br)ccc1-c1csc(-c2ncn[nH]2)n1. The number of rotatable bonds is 2. The number of hydrogen-bond donors (Lipinski definition) is 1. The van der Waals surface area contributed by atoms with E-state index in [1.54, 1.807) is 0 Å². The summed E-state index contributed by atoms with van der Waals surface area (Å²) in [4.78, 5) is 8.57. The lowest BCUT2D eigenvalue weighted by atomic mass is 10.2. The number of thiazole rings is 1. The smallest absolute Gasteiger partial charge is 0.184 e. The van der Waals surface area contributed by atoms with Gasteiger partial charge in [0, 0.05) is 15.4 Å². The molecule has 0 bridgehead atoms. The molecule has 0 fully saturated rings. The Kier molecular flexibility index (Phi) is 3.15. The Labute approximate surface area is 120 Å². The minimum Gasteiger partial charge on any atom is -0.257 e. The largest absolute Gasteiger partial charge is 0.257 e. The third-order valence-corrected chi connectivity index (χ3v) is 3.98. The van der Waals surface area contributed by atoms with E-state index in [0.29, 0.717) is 10.8 Å². The van der Waals surface area contributed by atoms with Crippen molar-refractivity contribution in [1.82, 2.24) is 20.2 Å². The number of H-pyrrole nitrogens is 1. The van der Waals surface area contributed by atoms with Crippen molar-refractivity contribution in [2.45, 2.75) is 0 Å². The van der Waals surface area contributed by atoms with Crippen molar-refractivity contribution in [3.05, 3.63) is 39.4 Å². The van der Waals surface area contributed by atoms with Gasteiger partial charge >= 0.3 is 0 Å². The molecule has 18 heavy (non-hydrogen) atoms. The highest BCUT2D eigenvalue weighted by molar-refractivity contribution is 9.10. The molecule has 7 heteroatoms. The van der Waals surface area contributed by atoms with E-state index in [2.05, 4.69) is 36.1 Å². The molecule has 0 amide bonds. The van der Waals surface area contributed by atoms with Crippen LogP contribution in [-0.2, 0) is 0 Å². The number of halogens is 2. The van der Waals surface area contributed by atoms with Crippen LogP contribution in [0.15, 0.2) is 34.4 Å². The first-order chi connectivity index (χ1) is 8.74. The zero-order valence-electron chi connectivity index (χ0n) is 8.89. The van der Waals surface area contributed by atoms with Gasteiger partial charge in [-0.1, -0.05) is 33.6 Å². The Bertz CT molecular complexity index is 680. The molecule has 90 valence electrons. The predicted molar refractivity (Wildman–Crippen MR) is 75.6 cm³/mol. The van der Waals surface area contributed by atoms with E-state index in [-0.39, 0.29) is 0 Å². The normalized spacial score (nSPS) is 10.8. The number of hydrogen-bond acceptors (Lipinski definition) is 4. The van der Waals surface area contributed by atoms with Crippen molar-refractivity contribution >= 4 is 38.9 Å². The lowest BCUT2D eigenvalue weighted by molar-refractivity contribution is 1.09. The second-order valence-corrected chi connectivity index (χ2v) is 5.68. The maximum Gasteiger partial charge on any atom is 0.184 e. The predicted octanol–water partition coefficient (Wildman–Crippen LogP) is 4.01. The van der Waals surface area contributed by atoms with Crippen molar-refractivity contribution in [2.24, 2.45) is 0 Å². The van der Waals surface area contributed by atoms with Gasteiger partial charge < -0.3 is 0 Å². The minimum atomic E-state index is 0.666. The quantitative estimate of drug-likeness (QED) is 0.766. The molecule has 0 unspecified atom stereocenters. The zero-order chi connectivity index (χ0) is 12.5. The molecule has 0 saturated heterocycles. The van der Waals surface area contributed by atoms with E-state index in [0.717, 1.165) is 20.7 Å². The van der Waals surface area contributed by atoms with Gasteiger partial charge in [-0.2, -0.15) is 5.10 Å². The van der Waals surface area contributed by atoms with Crippen LogP contribution < -0.4 is 0 Å². The van der Waals surface area contributed by atoms with Crippen molar-refractivity contribution < 1.29 is 0 Å². The molecule has 2 aromatic heterocycles. The molecule has 1 N–H and O–H groups in total. The summed E-state index contributed by atoms with van der Waals surface area (Å²) in [7, 11) is 0. The number of aromatic nitrogens is 4. The third kappa shape index (κ3) is 2.19. The highest BCUT2D eigenvalue weighted by Crippen LogP contribution is 2.32. The Morgan fingerprint density at radius 1 is 1.33 bits per heavy atom. The van der Waals surface area contributed by atoms with Crippen molar-refractivity contribution in [2.75, 3.05) is 0 Å². The topological polar surface area (TPSA) is 54.5 Å². The van der Waals surface area contributed by atoms with Crippen LogP contribution in [0.1, 0.15) is 0 Å². The summed E-state index contributed by atoms with van der Waals surface area (Å²) < 4.78 is 0.946. The molecule has 3 aromatic rings. The average Bonchev–Trinajstić information content (AvgIpc) is 2.99. The monoisotopic (exact) mass is 340 g/mol. The fraction of sp³-hybridized carbons (Fsp3) is 0. The van der Waals surface area contributed by atoms with Crippen molar-refractivity contribution in [3.8, 4) is 22.1 Å². The van der Waals surface area contributed by atoms with Crippen LogP contribution in [-0.4, -0.2) is 20.2 Å². The molecule has 0 aliphatic rings. The summed E-state index contributed by atoms with van der Waals surface area (Å²) in [5.74, 6) is 0.666. The average molecular weight is 342 g/mol. The molecular weight excluding hydrogens is 336 g/mol. The molecule has 4 nitrogen and oxygen atoms in total. The molecule has 3 rings (SSSR count). The number of nitrogens with one attached hydrogen (secondary N) is 1. The van der Waals surface area contributed by atoms with E-state index in [4.69, 9.17) is 11.6 Å². The summed E-state index contributed by atoms with van der Waals surface area (Å²) >= 11 is 11.1. The molecule has 2 heterocycles. The second kappa shape index (κ2) is 4.79. The fourth-order valence-corrected chi connectivity index (χ4v) is 3.05. The lowest BCUT2D eigenvalue weighted by Crippen LogP contribution is -1.82. The summed E-state index contributed by atoms with van der Waals surface area (Å²) in [5, 5.41) is 10.0. The van der Waals surface area contributed by atoms with Crippen LogP contribution in [0.2, 0.25) is 5.02 Å². The summed E-state index contributed by atoms with van der Waals surface area (Å²) in [6, 6.07) is 5.73. The first-order valence-electron chi connectivity index (χ1n) is 5.01. The van der Waals surface area contributed by atoms with E-state index < -0.39 is 0 Å². The number of benzene rings is 1. The van der Waals surface area contributed by atoms with Crippen LogP contribution in [0.4, 0.5) is 0 Å². The Hall–Kier alpha value is -1.24. The second-order valence-electron chi connectivity index (χ2n) is 3.50. The van der Waals surface area contributed by atoms with Gasteiger partial charge in [0.2, 0.25) is 0 Å². The van der Waals surface area contributed by atoms with Gasteiger partial charge in [-0.05, 0) is 12.1 Å². The van der Waals surface area contributed by atoms with Crippen LogP contribution >= 0.6 is 38.9 Å². The first kappa shape index (κ1) is 11.8. The van der Waals surface area contributed by atoms with Crippen molar-refractivity contribution in [3.63, 3.8) is 0 Å². The Balaban J connectivity index is 2.03. The van der Waals surface area contributed by atoms with Gasteiger partial charge in [0.15, 0.2) is 10.8 Å². The first-order valence-corrected chi connectivity index (χ1v) is 7.06. The molecule has 0 radical (unpaired) electrons. The van der Waals surface area contributed by atoms with Crippen LogP contribution in [0, 0.1) is 0 Å². The van der Waals surface area contributed by atoms with Crippen LogP contribution in [0.3, 0.4) is 0 Å². The molecule has 0 aliphatic carbocycles. The number of nitrogens with zero attached hydrogens (tertiary/aromatic N) is 3. The maximum absolute atomic E-state index is 6.20. The molecule has 0 atom stereocenters. The summed E-state index contributed by atoms with van der Waals surface area (Å²) in [6.45, 7) is 0. The van der Waals surface area contributed by atoms with Gasteiger partial charge in [-0.3, -0.25) is 5.10 Å². The molecule has 1 aromatic carbocycles. The van der Waals surface area contributed by atoms with Crippen LogP contribution in [0.25, 0.3) is 22.1 Å². The highest BCUT2D eigenvalue weighted by atomic mass is 79.9. The lowest BCUT2D eigenvalue weighted by Gasteiger charge is -2.00. The van der Waals surface area contributed by atoms with E-state index >= 15 is 0 Å². The van der Waals surface area contributed by atoms with Gasteiger partial charge in [0.25, 0.3) is 0 Å².